The molecule has 0 amide bonds. The van der Waals surface area contributed by atoms with E-state index in [1.807, 2.05) is 0 Å². The number of carbonyl (C=O) groups excluding carboxylic acids is 1. The van der Waals surface area contributed by atoms with Crippen molar-refractivity contribution in [1.82, 2.24) is 0 Å². The van der Waals surface area contributed by atoms with E-state index in [0.717, 1.165) is 13.2 Å². The maximum atomic E-state index is 13.4. The van der Waals surface area contributed by atoms with E-state index < -0.39 is 23.6 Å². The fourth-order valence-electron chi connectivity index (χ4n) is 1.25. The Balaban J connectivity index is 2.95. The van der Waals surface area contributed by atoms with E-state index in [9.17, 15) is 19.4 Å². The number of phenolic OH excluding ortho intramolecular Hbond substituents is 1. The van der Waals surface area contributed by atoms with Crippen LogP contribution in [0, 0.1) is 5.82 Å². The second kappa shape index (κ2) is 6.42. The average Bonchev–Trinajstić information content (AvgIpc) is 2.38. The Bertz CT molecular complexity index is 441. The number of hydrogen-bond acceptors (Lipinski definition) is 5. The molecule has 1 aromatic rings. The predicted octanol–water partition coefficient (Wildman–Crippen LogP) is 1.33. The highest BCUT2D eigenvalue weighted by Crippen LogP contribution is 2.28. The number of rotatable bonds is 5. The topological polar surface area (TPSA) is 78.8 Å². The van der Waals surface area contributed by atoms with Crippen molar-refractivity contribution in [3.63, 3.8) is 0 Å². The summed E-state index contributed by atoms with van der Waals surface area (Å²) in [5.74, 6) is -2.33. The fraction of sp³-hybridized carbons (Fsp3) is 0.364. The molecule has 0 aliphatic heterocycles. The smallest absolute Gasteiger partial charge is 0.338 e. The second-order valence-electron chi connectivity index (χ2n) is 3.53. The van der Waals surface area contributed by atoms with Crippen molar-refractivity contribution in [3.8, 4) is 5.75 Å². The highest BCUT2D eigenvalue weighted by atomic mass is 35.5. The third-order valence-corrected chi connectivity index (χ3v) is 2.55. The van der Waals surface area contributed by atoms with Crippen LogP contribution >= 0.6 is 11.6 Å². The first kappa shape index (κ1) is 14.5. The molecule has 0 spiro atoms. The van der Waals surface area contributed by atoms with Crippen LogP contribution in [-0.2, 0) is 4.74 Å². The van der Waals surface area contributed by atoms with Gasteiger partial charge in [-0.25, -0.2) is 9.18 Å². The first-order valence-corrected chi connectivity index (χ1v) is 5.61. The number of carbonyl (C=O) groups is 1. The number of hydrogen-bond donors (Lipinski definition) is 3. The van der Waals surface area contributed by atoms with Gasteiger partial charge in [-0.3, -0.25) is 0 Å². The molecule has 5 nitrogen and oxygen atoms in total. The molecule has 0 aliphatic carbocycles. The molecule has 1 aromatic carbocycles. The number of aliphatic hydroxyl groups is 1. The van der Waals surface area contributed by atoms with Crippen LogP contribution in [0.25, 0.3) is 0 Å². The Morgan fingerprint density at radius 3 is 2.83 bits per heavy atom. The number of nitrogens with one attached hydrogen (secondary N) is 1. The lowest BCUT2D eigenvalue weighted by molar-refractivity contribution is 0.0600. The summed E-state index contributed by atoms with van der Waals surface area (Å²) in [6.45, 7) is 0.0150. The van der Waals surface area contributed by atoms with Gasteiger partial charge >= 0.3 is 5.97 Å². The monoisotopic (exact) mass is 277 g/mol. The Labute approximate surface area is 108 Å². The van der Waals surface area contributed by atoms with Crippen LogP contribution < -0.4 is 5.32 Å². The van der Waals surface area contributed by atoms with Crippen molar-refractivity contribution < 1.29 is 24.1 Å². The molecule has 0 saturated carbocycles. The third-order valence-electron chi connectivity index (χ3n) is 2.19. The van der Waals surface area contributed by atoms with Gasteiger partial charge in [-0.2, -0.15) is 0 Å². The Morgan fingerprint density at radius 1 is 1.61 bits per heavy atom. The molecular weight excluding hydrogens is 265 g/mol. The number of halogens is 2. The molecule has 3 N–H and O–H groups in total. The van der Waals surface area contributed by atoms with Gasteiger partial charge in [-0.15, -0.1) is 11.6 Å². The van der Waals surface area contributed by atoms with Crippen LogP contribution in [0.1, 0.15) is 10.4 Å². The lowest BCUT2D eigenvalue weighted by Crippen LogP contribution is -2.21. The van der Waals surface area contributed by atoms with E-state index in [1.165, 1.54) is 6.07 Å². The normalized spacial score (nSPS) is 12.0. The molecule has 7 heteroatoms. The number of benzene rings is 1. The summed E-state index contributed by atoms with van der Waals surface area (Å²) >= 11 is 5.39. The molecule has 0 aliphatic rings. The van der Waals surface area contributed by atoms with Gasteiger partial charge < -0.3 is 20.3 Å². The van der Waals surface area contributed by atoms with E-state index >= 15 is 0 Å². The number of aromatic hydroxyl groups is 1. The van der Waals surface area contributed by atoms with E-state index in [4.69, 9.17) is 11.6 Å². The maximum absolute atomic E-state index is 13.4. The second-order valence-corrected chi connectivity index (χ2v) is 3.84. The number of aliphatic hydroxyl groups excluding tert-OH is 1. The van der Waals surface area contributed by atoms with E-state index in [0.29, 0.717) is 0 Å². The highest BCUT2D eigenvalue weighted by Gasteiger charge is 2.15. The summed E-state index contributed by atoms with van der Waals surface area (Å²) in [7, 11) is 1.16. The highest BCUT2D eigenvalue weighted by molar-refractivity contribution is 6.18. The zero-order valence-electron chi connectivity index (χ0n) is 9.61. The van der Waals surface area contributed by atoms with Crippen LogP contribution in [-0.4, -0.2) is 41.8 Å². The molecule has 0 saturated heterocycles. The minimum absolute atomic E-state index is 0.00701. The number of esters is 1. The van der Waals surface area contributed by atoms with Crippen molar-refractivity contribution in [2.45, 2.75) is 6.10 Å². The predicted molar refractivity (Wildman–Crippen MR) is 64.6 cm³/mol. The zero-order chi connectivity index (χ0) is 13.7. The molecule has 0 heterocycles. The fourth-order valence-corrected chi connectivity index (χ4v) is 1.36. The Hall–Kier alpha value is -1.53. The number of alkyl halides is 1. The van der Waals surface area contributed by atoms with Crippen molar-refractivity contribution in [3.05, 3.63) is 23.5 Å². The summed E-state index contributed by atoms with van der Waals surface area (Å²) < 4.78 is 17.8. The van der Waals surface area contributed by atoms with Crippen LogP contribution in [0.3, 0.4) is 0 Å². The van der Waals surface area contributed by atoms with Crippen LogP contribution in [0.4, 0.5) is 10.1 Å². The van der Waals surface area contributed by atoms with Crippen molar-refractivity contribution >= 4 is 23.3 Å². The molecular formula is C11H13ClFNO4. The van der Waals surface area contributed by atoms with Crippen LogP contribution in [0.2, 0.25) is 0 Å². The summed E-state index contributed by atoms with van der Waals surface area (Å²) in [5.41, 5.74) is -0.0600. The van der Waals surface area contributed by atoms with E-state index in [1.54, 1.807) is 0 Å². The number of methoxy groups -OCH3 is 1. The van der Waals surface area contributed by atoms with E-state index in [-0.39, 0.29) is 23.7 Å². The number of phenols is 1. The van der Waals surface area contributed by atoms with Gasteiger partial charge in [-0.1, -0.05) is 0 Å². The minimum Gasteiger partial charge on any atom is -0.503 e. The quantitative estimate of drug-likeness (QED) is 0.430. The van der Waals surface area contributed by atoms with Gasteiger partial charge in [0.15, 0.2) is 11.6 Å². The lowest BCUT2D eigenvalue weighted by Gasteiger charge is -2.12. The van der Waals surface area contributed by atoms with Gasteiger partial charge in [0.25, 0.3) is 0 Å². The van der Waals surface area contributed by atoms with Gasteiger partial charge in [-0.05, 0) is 12.1 Å². The lowest BCUT2D eigenvalue weighted by atomic mass is 10.1. The Morgan fingerprint density at radius 2 is 2.28 bits per heavy atom. The standard InChI is InChI=1S/C11H13ClFNO4/c1-18-11(17)6-2-8(13)10(16)9(3-6)14-5-7(15)4-12/h2-3,7,14-16H,4-5H2,1H3. The first-order chi connectivity index (χ1) is 8.49. The largest absolute Gasteiger partial charge is 0.503 e. The molecule has 0 radical (unpaired) electrons. The van der Waals surface area contributed by atoms with Gasteiger partial charge in [0.05, 0.1) is 30.3 Å². The van der Waals surface area contributed by atoms with Crippen molar-refractivity contribution in [2.75, 3.05) is 24.9 Å². The van der Waals surface area contributed by atoms with Crippen LogP contribution in [0.15, 0.2) is 12.1 Å². The molecule has 100 valence electrons. The van der Waals surface area contributed by atoms with Gasteiger partial charge in [0.2, 0.25) is 0 Å². The maximum Gasteiger partial charge on any atom is 0.338 e. The Kier molecular flexibility index (Phi) is 5.18. The SMILES string of the molecule is COC(=O)c1cc(F)c(O)c(NCC(O)CCl)c1. The molecule has 1 unspecified atom stereocenters. The molecule has 0 aromatic heterocycles. The molecule has 0 bridgehead atoms. The minimum atomic E-state index is -0.958. The van der Waals surface area contributed by atoms with E-state index in [2.05, 4.69) is 10.1 Å². The first-order valence-electron chi connectivity index (χ1n) is 5.08. The van der Waals surface area contributed by atoms with Gasteiger partial charge in [0.1, 0.15) is 0 Å². The number of ether oxygens (including phenoxy) is 1. The average molecular weight is 278 g/mol. The summed E-state index contributed by atoms with van der Waals surface area (Å²) in [6.07, 6.45) is -0.851. The molecule has 0 fully saturated rings. The van der Waals surface area contributed by atoms with Gasteiger partial charge in [0, 0.05) is 6.54 Å². The molecule has 1 rings (SSSR count). The third kappa shape index (κ3) is 3.48. The van der Waals surface area contributed by atoms with Crippen molar-refractivity contribution in [2.24, 2.45) is 0 Å². The molecule has 1 atom stereocenters. The summed E-state index contributed by atoms with van der Waals surface area (Å²) in [4.78, 5) is 11.3. The van der Waals surface area contributed by atoms with Crippen molar-refractivity contribution in [1.29, 1.82) is 0 Å². The molecule has 18 heavy (non-hydrogen) atoms. The zero-order valence-corrected chi connectivity index (χ0v) is 10.4. The van der Waals surface area contributed by atoms with Crippen LogP contribution in [0.5, 0.6) is 5.75 Å². The summed E-state index contributed by atoms with van der Waals surface area (Å²) in [5, 5.41) is 21.3. The number of anilines is 1. The summed E-state index contributed by atoms with van der Waals surface area (Å²) in [6, 6.07) is 2.09.